The quantitative estimate of drug-likeness (QED) is 0.610. The highest BCUT2D eigenvalue weighted by atomic mass is 32.2. The summed E-state index contributed by atoms with van der Waals surface area (Å²) in [4.78, 5) is 0. The summed E-state index contributed by atoms with van der Waals surface area (Å²) in [6.07, 6.45) is 10.6. The number of fused-ring (bicyclic) bond motifs is 1. The predicted molar refractivity (Wildman–Crippen MR) is 55.2 cm³/mol. The lowest BCUT2D eigenvalue weighted by molar-refractivity contribution is 0.480. The van der Waals surface area contributed by atoms with Crippen LogP contribution in [0.3, 0.4) is 0 Å². The second-order valence-electron chi connectivity index (χ2n) is 3.63. The second kappa shape index (κ2) is 2.88. The molecule has 0 aromatic carbocycles. The van der Waals surface area contributed by atoms with Gasteiger partial charge in [-0.2, -0.15) is 0 Å². The van der Waals surface area contributed by atoms with Crippen molar-refractivity contribution in [3.05, 3.63) is 0 Å². The van der Waals surface area contributed by atoms with Gasteiger partial charge in [-0.15, -0.1) is 23.5 Å². The molecule has 2 atom stereocenters. The van der Waals surface area contributed by atoms with Crippen LogP contribution in [0.5, 0.6) is 0 Å². The van der Waals surface area contributed by atoms with E-state index in [9.17, 15) is 0 Å². The summed E-state index contributed by atoms with van der Waals surface area (Å²) in [7, 11) is 0. The van der Waals surface area contributed by atoms with Crippen molar-refractivity contribution >= 4 is 23.5 Å². The van der Waals surface area contributed by atoms with E-state index in [1.807, 2.05) is 0 Å². The van der Waals surface area contributed by atoms with Crippen LogP contribution in [0, 0.1) is 11.8 Å². The molecule has 2 rings (SSSR count). The lowest BCUT2D eigenvalue weighted by Crippen LogP contribution is -1.99. The summed E-state index contributed by atoms with van der Waals surface area (Å²) < 4.78 is 0.663. The predicted octanol–water partition coefficient (Wildman–Crippen LogP) is 3.23. The molecular formula is C9H16S2. The molecule has 0 amide bonds. The molecule has 2 unspecified atom stereocenters. The van der Waals surface area contributed by atoms with E-state index in [1.165, 1.54) is 25.7 Å². The monoisotopic (exact) mass is 188 g/mol. The lowest BCUT2D eigenvalue weighted by Gasteiger charge is -2.09. The molecule has 0 bridgehead atoms. The Morgan fingerprint density at radius 1 is 1.00 bits per heavy atom. The van der Waals surface area contributed by atoms with E-state index in [2.05, 4.69) is 36.0 Å². The molecule has 0 aromatic heterocycles. The molecule has 0 saturated heterocycles. The normalized spacial score (nSPS) is 39.8. The third-order valence-corrected chi connectivity index (χ3v) is 6.82. The number of hydrogen-bond acceptors (Lipinski definition) is 2. The zero-order valence-electron chi connectivity index (χ0n) is 7.30. The van der Waals surface area contributed by atoms with Crippen molar-refractivity contribution in [3.8, 4) is 0 Å². The molecule has 2 aliphatic carbocycles. The first-order valence-electron chi connectivity index (χ1n) is 4.45. The third-order valence-electron chi connectivity index (χ3n) is 3.33. The van der Waals surface area contributed by atoms with Crippen LogP contribution in [0.25, 0.3) is 0 Å². The summed E-state index contributed by atoms with van der Waals surface area (Å²) in [5.41, 5.74) is 0. The lowest BCUT2D eigenvalue weighted by atomic mass is 10.0. The van der Waals surface area contributed by atoms with Gasteiger partial charge >= 0.3 is 0 Å². The van der Waals surface area contributed by atoms with E-state index in [-0.39, 0.29) is 0 Å². The van der Waals surface area contributed by atoms with Gasteiger partial charge in [0.2, 0.25) is 0 Å². The van der Waals surface area contributed by atoms with Gasteiger partial charge in [-0.05, 0) is 37.2 Å². The van der Waals surface area contributed by atoms with Gasteiger partial charge in [-0.1, -0.05) is 12.8 Å². The van der Waals surface area contributed by atoms with Crippen molar-refractivity contribution < 1.29 is 0 Å². The molecule has 2 fully saturated rings. The Balaban J connectivity index is 2.06. The average Bonchev–Trinajstić information content (AvgIpc) is 2.74. The van der Waals surface area contributed by atoms with E-state index in [0.29, 0.717) is 4.08 Å². The maximum atomic E-state index is 2.29. The Hall–Kier alpha value is 0.700. The average molecular weight is 188 g/mol. The molecule has 0 radical (unpaired) electrons. The molecule has 2 aliphatic rings. The van der Waals surface area contributed by atoms with Crippen molar-refractivity contribution in [1.29, 1.82) is 0 Å². The fraction of sp³-hybridized carbons (Fsp3) is 1.00. The van der Waals surface area contributed by atoms with Gasteiger partial charge in [0.25, 0.3) is 0 Å². The minimum atomic E-state index is 0.663. The summed E-state index contributed by atoms with van der Waals surface area (Å²) in [6.45, 7) is 0. The van der Waals surface area contributed by atoms with E-state index >= 15 is 0 Å². The fourth-order valence-corrected chi connectivity index (χ4v) is 5.57. The fourth-order valence-electron chi connectivity index (χ4n) is 2.70. The molecule has 0 aromatic rings. The molecule has 0 spiro atoms. The van der Waals surface area contributed by atoms with Gasteiger partial charge in [0.15, 0.2) is 0 Å². The van der Waals surface area contributed by atoms with Gasteiger partial charge in [0.05, 0.1) is 4.08 Å². The van der Waals surface area contributed by atoms with Crippen molar-refractivity contribution in [2.75, 3.05) is 12.5 Å². The van der Waals surface area contributed by atoms with Crippen LogP contribution in [-0.2, 0) is 0 Å². The SMILES string of the molecule is CSC1(SC)C2CCCCC21. The highest BCUT2D eigenvalue weighted by Crippen LogP contribution is 2.70. The van der Waals surface area contributed by atoms with Crippen molar-refractivity contribution in [1.82, 2.24) is 0 Å². The minimum Gasteiger partial charge on any atom is -0.147 e. The molecule has 64 valence electrons. The number of thioether (sulfide) groups is 2. The smallest absolute Gasteiger partial charge is 0.0668 e. The molecule has 0 aliphatic heterocycles. The van der Waals surface area contributed by atoms with Gasteiger partial charge < -0.3 is 0 Å². The van der Waals surface area contributed by atoms with Crippen molar-refractivity contribution in [2.45, 2.75) is 29.8 Å². The summed E-state index contributed by atoms with van der Waals surface area (Å²) >= 11 is 4.21. The maximum absolute atomic E-state index is 2.29. The van der Waals surface area contributed by atoms with Crippen LogP contribution < -0.4 is 0 Å². The third kappa shape index (κ3) is 1.06. The molecule has 0 N–H and O–H groups in total. The highest BCUT2D eigenvalue weighted by molar-refractivity contribution is 8.18. The largest absolute Gasteiger partial charge is 0.147 e. The molecular weight excluding hydrogens is 172 g/mol. The zero-order valence-corrected chi connectivity index (χ0v) is 8.93. The summed E-state index contributed by atoms with van der Waals surface area (Å²) in [5.74, 6) is 2.14. The van der Waals surface area contributed by atoms with Gasteiger partial charge in [0, 0.05) is 0 Å². The molecule has 0 nitrogen and oxygen atoms in total. The Morgan fingerprint density at radius 3 is 1.82 bits per heavy atom. The molecule has 2 saturated carbocycles. The maximum Gasteiger partial charge on any atom is 0.0668 e. The number of rotatable bonds is 2. The van der Waals surface area contributed by atoms with Gasteiger partial charge in [0.1, 0.15) is 0 Å². The van der Waals surface area contributed by atoms with E-state index in [1.54, 1.807) is 0 Å². The highest BCUT2D eigenvalue weighted by Gasteiger charge is 2.63. The van der Waals surface area contributed by atoms with Crippen LogP contribution in [-0.4, -0.2) is 16.6 Å². The Kier molecular flexibility index (Phi) is 2.17. The summed E-state index contributed by atoms with van der Waals surface area (Å²) in [6, 6.07) is 0. The van der Waals surface area contributed by atoms with Crippen molar-refractivity contribution in [3.63, 3.8) is 0 Å². The standard InChI is InChI=1S/C9H16S2/c1-10-9(11-2)7-5-3-4-6-8(7)9/h7-8H,3-6H2,1-2H3. The number of hydrogen-bond donors (Lipinski definition) is 0. The van der Waals surface area contributed by atoms with Gasteiger partial charge in [-0.3, -0.25) is 0 Å². The Labute approximate surface area is 77.9 Å². The van der Waals surface area contributed by atoms with Gasteiger partial charge in [-0.25, -0.2) is 0 Å². The minimum absolute atomic E-state index is 0.663. The van der Waals surface area contributed by atoms with E-state index in [0.717, 1.165) is 11.8 Å². The van der Waals surface area contributed by atoms with Crippen molar-refractivity contribution in [2.24, 2.45) is 11.8 Å². The van der Waals surface area contributed by atoms with Crippen LogP contribution in [0.15, 0.2) is 0 Å². The van der Waals surface area contributed by atoms with Crippen LogP contribution >= 0.6 is 23.5 Å². The summed E-state index contributed by atoms with van der Waals surface area (Å²) in [5, 5.41) is 0. The second-order valence-corrected chi connectivity index (χ2v) is 6.05. The molecule has 11 heavy (non-hydrogen) atoms. The van der Waals surface area contributed by atoms with Crippen LogP contribution in [0.1, 0.15) is 25.7 Å². The molecule has 0 heterocycles. The topological polar surface area (TPSA) is 0 Å². The Bertz CT molecular complexity index is 138. The van der Waals surface area contributed by atoms with E-state index in [4.69, 9.17) is 0 Å². The first kappa shape index (κ1) is 8.31. The first-order valence-corrected chi connectivity index (χ1v) is 6.90. The van der Waals surface area contributed by atoms with Crippen LogP contribution in [0.2, 0.25) is 0 Å². The van der Waals surface area contributed by atoms with Crippen LogP contribution in [0.4, 0.5) is 0 Å². The Morgan fingerprint density at radius 2 is 1.45 bits per heavy atom. The zero-order chi connectivity index (χ0) is 7.90. The molecule has 2 heteroatoms. The first-order chi connectivity index (χ1) is 5.35. The van der Waals surface area contributed by atoms with E-state index < -0.39 is 0 Å².